The minimum atomic E-state index is -3.85. The summed E-state index contributed by atoms with van der Waals surface area (Å²) in [6, 6.07) is 9.97. The zero-order valence-corrected chi connectivity index (χ0v) is 15.7. The van der Waals surface area contributed by atoms with E-state index in [-0.39, 0.29) is 10.6 Å². The van der Waals surface area contributed by atoms with Crippen molar-refractivity contribution in [3.63, 3.8) is 0 Å². The highest BCUT2D eigenvalue weighted by Gasteiger charge is 2.21. The van der Waals surface area contributed by atoms with Crippen LogP contribution in [0, 0.1) is 6.92 Å². The number of methoxy groups -OCH3 is 1. The molecule has 0 aliphatic heterocycles. The summed E-state index contributed by atoms with van der Waals surface area (Å²) < 4.78 is 35.5. The second-order valence-electron chi connectivity index (χ2n) is 5.10. The standard InChI is InChI=1S/C15H14BrN5O3S/c1-10-12(4-3-5-13(10)21-9-17-19-20-21)18-25(22,23)15-8-11(16)6-7-14(15)24-2/h3-9,18H,1-2H3. The van der Waals surface area contributed by atoms with Crippen molar-refractivity contribution >= 4 is 31.6 Å². The normalized spacial score (nSPS) is 11.3. The Balaban J connectivity index is 2.03. The van der Waals surface area contributed by atoms with E-state index < -0.39 is 10.0 Å². The highest BCUT2D eigenvalue weighted by atomic mass is 79.9. The van der Waals surface area contributed by atoms with Gasteiger partial charge in [-0.25, -0.2) is 13.1 Å². The summed E-state index contributed by atoms with van der Waals surface area (Å²) in [6.07, 6.45) is 1.44. The van der Waals surface area contributed by atoms with Crippen LogP contribution in [0.25, 0.3) is 5.69 Å². The lowest BCUT2D eigenvalue weighted by Gasteiger charge is -2.15. The van der Waals surface area contributed by atoms with Crippen molar-refractivity contribution in [3.8, 4) is 11.4 Å². The van der Waals surface area contributed by atoms with Crippen LogP contribution in [0.15, 0.2) is 52.1 Å². The number of tetrazole rings is 1. The van der Waals surface area contributed by atoms with Crippen LogP contribution in [-0.4, -0.2) is 35.7 Å². The Hall–Kier alpha value is -2.46. The molecule has 0 atom stereocenters. The average molecular weight is 424 g/mol. The number of ether oxygens (including phenoxy) is 1. The van der Waals surface area contributed by atoms with Gasteiger partial charge in [0.2, 0.25) is 0 Å². The zero-order chi connectivity index (χ0) is 18.0. The second kappa shape index (κ2) is 6.81. The van der Waals surface area contributed by atoms with Crippen LogP contribution >= 0.6 is 15.9 Å². The number of sulfonamides is 1. The molecule has 0 saturated carbocycles. The summed E-state index contributed by atoms with van der Waals surface area (Å²) in [4.78, 5) is 0.0385. The van der Waals surface area contributed by atoms with Crippen molar-refractivity contribution in [1.82, 2.24) is 20.2 Å². The van der Waals surface area contributed by atoms with E-state index in [1.165, 1.54) is 24.2 Å². The number of benzene rings is 2. The van der Waals surface area contributed by atoms with Gasteiger partial charge in [-0.2, -0.15) is 0 Å². The topological polar surface area (TPSA) is 99.0 Å². The molecule has 0 fully saturated rings. The maximum absolute atomic E-state index is 12.8. The maximum atomic E-state index is 12.8. The molecular weight excluding hydrogens is 410 g/mol. The van der Waals surface area contributed by atoms with Gasteiger partial charge in [0.1, 0.15) is 17.0 Å². The fraction of sp³-hybridized carbons (Fsp3) is 0.133. The minimum absolute atomic E-state index is 0.0385. The van der Waals surface area contributed by atoms with Crippen molar-refractivity contribution < 1.29 is 13.2 Å². The molecule has 1 N–H and O–H groups in total. The third kappa shape index (κ3) is 3.49. The van der Waals surface area contributed by atoms with E-state index in [4.69, 9.17) is 4.74 Å². The van der Waals surface area contributed by atoms with E-state index in [9.17, 15) is 8.42 Å². The fourth-order valence-electron chi connectivity index (χ4n) is 2.31. The van der Waals surface area contributed by atoms with E-state index in [1.807, 2.05) is 0 Å². The Bertz CT molecular complexity index is 1010. The second-order valence-corrected chi connectivity index (χ2v) is 7.67. The summed E-state index contributed by atoms with van der Waals surface area (Å²) in [5, 5.41) is 11.0. The average Bonchev–Trinajstić information content (AvgIpc) is 3.11. The first-order valence-electron chi connectivity index (χ1n) is 7.11. The summed E-state index contributed by atoms with van der Waals surface area (Å²) in [6.45, 7) is 1.78. The van der Waals surface area contributed by atoms with Gasteiger partial charge in [-0.05, 0) is 53.2 Å². The van der Waals surface area contributed by atoms with Gasteiger partial charge in [0.15, 0.2) is 0 Å². The Morgan fingerprint density at radius 1 is 1.24 bits per heavy atom. The van der Waals surface area contributed by atoms with Crippen LogP contribution in [0.3, 0.4) is 0 Å². The molecule has 0 saturated heterocycles. The third-order valence-electron chi connectivity index (χ3n) is 3.56. The van der Waals surface area contributed by atoms with Crippen LogP contribution in [0.1, 0.15) is 5.56 Å². The molecule has 0 bridgehead atoms. The van der Waals surface area contributed by atoms with Crippen molar-refractivity contribution in [2.75, 3.05) is 11.8 Å². The number of halogens is 1. The molecule has 0 amide bonds. The van der Waals surface area contributed by atoms with E-state index in [0.717, 1.165) is 0 Å². The molecule has 0 aliphatic carbocycles. The smallest absolute Gasteiger partial charge is 0.265 e. The third-order valence-corrected chi connectivity index (χ3v) is 5.44. The number of nitrogens with one attached hydrogen (secondary N) is 1. The van der Waals surface area contributed by atoms with Gasteiger partial charge in [-0.1, -0.05) is 22.0 Å². The molecule has 2 aromatic carbocycles. The van der Waals surface area contributed by atoms with E-state index >= 15 is 0 Å². The van der Waals surface area contributed by atoms with Gasteiger partial charge in [0, 0.05) is 4.47 Å². The van der Waals surface area contributed by atoms with Crippen LogP contribution in [0.4, 0.5) is 5.69 Å². The number of nitrogens with zero attached hydrogens (tertiary/aromatic N) is 4. The van der Waals surface area contributed by atoms with Crippen LogP contribution in [-0.2, 0) is 10.0 Å². The first-order chi connectivity index (χ1) is 11.9. The highest BCUT2D eigenvalue weighted by molar-refractivity contribution is 9.10. The summed E-state index contributed by atoms with van der Waals surface area (Å²) in [5.74, 6) is 0.255. The number of anilines is 1. The van der Waals surface area contributed by atoms with Gasteiger partial charge < -0.3 is 4.74 Å². The fourth-order valence-corrected chi connectivity index (χ4v) is 4.15. The SMILES string of the molecule is COc1ccc(Br)cc1S(=O)(=O)Nc1cccc(-n2cnnn2)c1C. The lowest BCUT2D eigenvalue weighted by molar-refractivity contribution is 0.403. The molecular formula is C15H14BrN5O3S. The number of hydrogen-bond acceptors (Lipinski definition) is 6. The lowest BCUT2D eigenvalue weighted by Crippen LogP contribution is -2.15. The van der Waals surface area contributed by atoms with Gasteiger partial charge in [-0.3, -0.25) is 4.72 Å². The number of hydrogen-bond donors (Lipinski definition) is 1. The molecule has 10 heteroatoms. The molecule has 0 unspecified atom stereocenters. The molecule has 3 rings (SSSR count). The summed E-state index contributed by atoms with van der Waals surface area (Å²) in [7, 11) is -2.43. The summed E-state index contributed by atoms with van der Waals surface area (Å²) >= 11 is 3.28. The van der Waals surface area contributed by atoms with Crippen molar-refractivity contribution in [2.24, 2.45) is 0 Å². The quantitative estimate of drug-likeness (QED) is 0.676. The zero-order valence-electron chi connectivity index (χ0n) is 13.3. The highest BCUT2D eigenvalue weighted by Crippen LogP contribution is 2.30. The van der Waals surface area contributed by atoms with Crippen molar-refractivity contribution in [2.45, 2.75) is 11.8 Å². The predicted molar refractivity (Wildman–Crippen MR) is 95.4 cm³/mol. The molecule has 25 heavy (non-hydrogen) atoms. The van der Waals surface area contributed by atoms with Crippen molar-refractivity contribution in [3.05, 3.63) is 52.8 Å². The van der Waals surface area contributed by atoms with Gasteiger partial charge >= 0.3 is 0 Å². The first kappa shape index (κ1) is 17.4. The largest absolute Gasteiger partial charge is 0.495 e. The first-order valence-corrected chi connectivity index (χ1v) is 9.39. The molecule has 3 aromatic rings. The Labute approximate surface area is 153 Å². The van der Waals surface area contributed by atoms with E-state index in [2.05, 4.69) is 36.2 Å². The summed E-state index contributed by atoms with van der Waals surface area (Å²) in [5.41, 5.74) is 1.79. The molecule has 8 nitrogen and oxygen atoms in total. The Kier molecular flexibility index (Phi) is 4.73. The number of aromatic nitrogens is 4. The van der Waals surface area contributed by atoms with Gasteiger partial charge in [0.25, 0.3) is 10.0 Å². The Morgan fingerprint density at radius 2 is 2.04 bits per heavy atom. The lowest BCUT2D eigenvalue weighted by atomic mass is 10.1. The minimum Gasteiger partial charge on any atom is -0.495 e. The van der Waals surface area contributed by atoms with Crippen LogP contribution in [0.2, 0.25) is 0 Å². The predicted octanol–water partition coefficient (Wildman–Crippen LogP) is 2.54. The molecule has 0 aliphatic rings. The van der Waals surface area contributed by atoms with E-state index in [1.54, 1.807) is 37.3 Å². The van der Waals surface area contributed by atoms with Gasteiger partial charge in [-0.15, -0.1) is 5.10 Å². The van der Waals surface area contributed by atoms with Crippen LogP contribution in [0.5, 0.6) is 5.75 Å². The van der Waals surface area contributed by atoms with Gasteiger partial charge in [0.05, 0.1) is 18.5 Å². The molecule has 1 aromatic heterocycles. The molecule has 1 heterocycles. The van der Waals surface area contributed by atoms with E-state index in [0.29, 0.717) is 21.4 Å². The monoisotopic (exact) mass is 423 g/mol. The molecule has 0 radical (unpaired) electrons. The molecule has 0 spiro atoms. The Morgan fingerprint density at radius 3 is 2.72 bits per heavy atom. The maximum Gasteiger partial charge on any atom is 0.265 e. The van der Waals surface area contributed by atoms with Crippen LogP contribution < -0.4 is 9.46 Å². The van der Waals surface area contributed by atoms with Crippen molar-refractivity contribution in [1.29, 1.82) is 0 Å². The molecule has 130 valence electrons. The number of rotatable bonds is 5.